The monoisotopic (exact) mass is 362 g/mol. The molecule has 0 saturated heterocycles. The number of hydrogen-bond acceptors (Lipinski definition) is 2. The summed E-state index contributed by atoms with van der Waals surface area (Å²) in [7, 11) is 0. The largest absolute Gasteiger partial charge is 0.268 e. The van der Waals surface area contributed by atoms with Gasteiger partial charge in [-0.2, -0.15) is 0 Å². The standard InChI is InChI=1S/C16H12BrClN2O/c1-10-12(17)6-4-8-14(10)20-15(9-18)19-13-7-3-2-5-11(13)16(20)21/h2-8H,9H2,1H3. The maximum atomic E-state index is 12.8. The first-order valence-corrected chi connectivity index (χ1v) is 7.78. The highest BCUT2D eigenvalue weighted by Crippen LogP contribution is 2.23. The van der Waals surface area contributed by atoms with Crippen LogP contribution in [0.1, 0.15) is 11.4 Å². The summed E-state index contributed by atoms with van der Waals surface area (Å²) in [6.07, 6.45) is 0. The molecule has 106 valence electrons. The lowest BCUT2D eigenvalue weighted by Gasteiger charge is -2.14. The number of benzene rings is 2. The summed E-state index contributed by atoms with van der Waals surface area (Å²) in [5.74, 6) is 0.716. The lowest BCUT2D eigenvalue weighted by atomic mass is 10.2. The number of hydrogen-bond donors (Lipinski definition) is 0. The van der Waals surface area contributed by atoms with Crippen molar-refractivity contribution < 1.29 is 0 Å². The molecule has 0 aliphatic carbocycles. The highest BCUT2D eigenvalue weighted by molar-refractivity contribution is 9.10. The number of alkyl halides is 1. The van der Waals surface area contributed by atoms with Crippen LogP contribution in [0.15, 0.2) is 51.7 Å². The van der Waals surface area contributed by atoms with E-state index in [1.165, 1.54) is 0 Å². The number of para-hydroxylation sites is 1. The molecule has 0 N–H and O–H groups in total. The van der Waals surface area contributed by atoms with Crippen molar-refractivity contribution in [1.29, 1.82) is 0 Å². The molecule has 0 fully saturated rings. The van der Waals surface area contributed by atoms with Crippen LogP contribution in [-0.2, 0) is 5.88 Å². The normalized spacial score (nSPS) is 11.0. The third-order valence-corrected chi connectivity index (χ3v) is 4.54. The van der Waals surface area contributed by atoms with Crippen LogP contribution < -0.4 is 5.56 Å². The predicted molar refractivity (Wildman–Crippen MR) is 89.3 cm³/mol. The average molecular weight is 364 g/mol. The van der Waals surface area contributed by atoms with Gasteiger partial charge in [0.25, 0.3) is 5.56 Å². The van der Waals surface area contributed by atoms with Gasteiger partial charge in [-0.25, -0.2) is 4.98 Å². The number of fused-ring (bicyclic) bond motifs is 1. The van der Waals surface area contributed by atoms with Crippen LogP contribution in [0.3, 0.4) is 0 Å². The van der Waals surface area contributed by atoms with Crippen molar-refractivity contribution in [1.82, 2.24) is 9.55 Å². The van der Waals surface area contributed by atoms with Crippen molar-refractivity contribution in [3.8, 4) is 5.69 Å². The zero-order valence-electron chi connectivity index (χ0n) is 11.3. The van der Waals surface area contributed by atoms with Crippen LogP contribution in [0.5, 0.6) is 0 Å². The second-order valence-electron chi connectivity index (χ2n) is 4.70. The molecule has 1 heterocycles. The Kier molecular flexibility index (Phi) is 3.83. The Morgan fingerprint density at radius 1 is 1.19 bits per heavy atom. The molecule has 2 aromatic carbocycles. The molecule has 0 saturated carbocycles. The van der Waals surface area contributed by atoms with Gasteiger partial charge in [0.15, 0.2) is 0 Å². The molecule has 0 unspecified atom stereocenters. The zero-order chi connectivity index (χ0) is 15.0. The number of nitrogens with zero attached hydrogens (tertiary/aromatic N) is 2. The Bertz CT molecular complexity index is 889. The van der Waals surface area contributed by atoms with Crippen molar-refractivity contribution in [3.63, 3.8) is 0 Å². The van der Waals surface area contributed by atoms with Gasteiger partial charge < -0.3 is 0 Å². The SMILES string of the molecule is Cc1c(Br)cccc1-n1c(CCl)nc2ccccc2c1=O. The molecular formula is C16H12BrClN2O. The van der Waals surface area contributed by atoms with Crippen molar-refractivity contribution in [2.24, 2.45) is 0 Å². The highest BCUT2D eigenvalue weighted by Gasteiger charge is 2.14. The van der Waals surface area contributed by atoms with Gasteiger partial charge >= 0.3 is 0 Å². The molecule has 1 aromatic heterocycles. The summed E-state index contributed by atoms with van der Waals surface area (Å²) < 4.78 is 2.54. The number of rotatable bonds is 2. The first-order chi connectivity index (χ1) is 10.1. The Morgan fingerprint density at radius 2 is 1.95 bits per heavy atom. The molecule has 0 aliphatic rings. The quantitative estimate of drug-likeness (QED) is 0.640. The molecule has 3 rings (SSSR count). The first kappa shape index (κ1) is 14.3. The number of aromatic nitrogens is 2. The van der Waals surface area contributed by atoms with E-state index < -0.39 is 0 Å². The summed E-state index contributed by atoms with van der Waals surface area (Å²) in [4.78, 5) is 17.3. The summed E-state index contributed by atoms with van der Waals surface area (Å²) >= 11 is 9.51. The van der Waals surface area contributed by atoms with Gasteiger partial charge in [-0.3, -0.25) is 9.36 Å². The van der Waals surface area contributed by atoms with Crippen LogP contribution in [0, 0.1) is 6.92 Å². The maximum Gasteiger partial charge on any atom is 0.266 e. The van der Waals surface area contributed by atoms with Gasteiger partial charge in [-0.15, -0.1) is 11.6 Å². The minimum atomic E-state index is -0.0996. The van der Waals surface area contributed by atoms with E-state index in [0.717, 1.165) is 15.7 Å². The first-order valence-electron chi connectivity index (χ1n) is 6.45. The van der Waals surface area contributed by atoms with Crippen molar-refractivity contribution >= 4 is 38.4 Å². The van der Waals surface area contributed by atoms with E-state index in [1.807, 2.05) is 43.3 Å². The van der Waals surface area contributed by atoms with Crippen molar-refractivity contribution in [3.05, 3.63) is 68.7 Å². The van der Waals surface area contributed by atoms with Gasteiger partial charge in [0, 0.05) is 4.47 Å². The zero-order valence-corrected chi connectivity index (χ0v) is 13.6. The molecule has 0 amide bonds. The molecule has 0 spiro atoms. The maximum absolute atomic E-state index is 12.8. The van der Waals surface area contributed by atoms with Gasteiger partial charge in [-0.05, 0) is 36.8 Å². The van der Waals surface area contributed by atoms with Crippen molar-refractivity contribution in [2.75, 3.05) is 0 Å². The predicted octanol–water partition coefficient (Wildman–Crippen LogP) is 4.20. The topological polar surface area (TPSA) is 34.9 Å². The molecule has 21 heavy (non-hydrogen) atoms. The fourth-order valence-electron chi connectivity index (χ4n) is 2.36. The molecular weight excluding hydrogens is 352 g/mol. The smallest absolute Gasteiger partial charge is 0.266 e. The fourth-order valence-corrected chi connectivity index (χ4v) is 2.89. The Morgan fingerprint density at radius 3 is 2.71 bits per heavy atom. The minimum absolute atomic E-state index is 0.0996. The van der Waals surface area contributed by atoms with E-state index in [-0.39, 0.29) is 11.4 Å². The van der Waals surface area contributed by atoms with Gasteiger partial charge in [0.05, 0.1) is 22.5 Å². The van der Waals surface area contributed by atoms with Crippen LogP contribution in [0.25, 0.3) is 16.6 Å². The van der Waals surface area contributed by atoms with Gasteiger partial charge in [-0.1, -0.05) is 34.1 Å². The lowest BCUT2D eigenvalue weighted by molar-refractivity contribution is 0.874. The average Bonchev–Trinajstić information content (AvgIpc) is 2.50. The van der Waals surface area contributed by atoms with E-state index in [1.54, 1.807) is 10.6 Å². The second kappa shape index (κ2) is 5.62. The summed E-state index contributed by atoms with van der Waals surface area (Å²) in [5.41, 5.74) is 2.34. The molecule has 0 atom stereocenters. The van der Waals surface area contributed by atoms with Crippen LogP contribution in [0.2, 0.25) is 0 Å². The van der Waals surface area contributed by atoms with Crippen LogP contribution >= 0.6 is 27.5 Å². The van der Waals surface area contributed by atoms with Crippen molar-refractivity contribution in [2.45, 2.75) is 12.8 Å². The molecule has 0 radical (unpaired) electrons. The van der Waals surface area contributed by atoms with Crippen LogP contribution in [-0.4, -0.2) is 9.55 Å². The van der Waals surface area contributed by atoms with Gasteiger partial charge in [0.1, 0.15) is 5.82 Å². The molecule has 0 bridgehead atoms. The Labute approximate surface area is 135 Å². The van der Waals surface area contributed by atoms with E-state index in [9.17, 15) is 4.79 Å². The third kappa shape index (κ3) is 2.39. The van der Waals surface area contributed by atoms with E-state index in [0.29, 0.717) is 16.7 Å². The van der Waals surface area contributed by atoms with Gasteiger partial charge in [0.2, 0.25) is 0 Å². The minimum Gasteiger partial charge on any atom is -0.268 e. The van der Waals surface area contributed by atoms with E-state index >= 15 is 0 Å². The molecule has 0 aliphatic heterocycles. The summed E-state index contributed by atoms with van der Waals surface area (Å²) in [6, 6.07) is 13.0. The summed E-state index contributed by atoms with van der Waals surface area (Å²) in [5, 5.41) is 0.589. The lowest BCUT2D eigenvalue weighted by Crippen LogP contribution is -2.24. The molecule has 3 nitrogen and oxygen atoms in total. The Balaban J connectivity index is 2.44. The fraction of sp³-hybridized carbons (Fsp3) is 0.125. The van der Waals surface area contributed by atoms with E-state index in [2.05, 4.69) is 20.9 Å². The molecule has 5 heteroatoms. The third-order valence-electron chi connectivity index (χ3n) is 3.44. The van der Waals surface area contributed by atoms with E-state index in [4.69, 9.17) is 11.6 Å². The Hall–Kier alpha value is -1.65. The highest BCUT2D eigenvalue weighted by atomic mass is 79.9. The summed E-state index contributed by atoms with van der Waals surface area (Å²) in [6.45, 7) is 1.96. The van der Waals surface area contributed by atoms with Crippen LogP contribution in [0.4, 0.5) is 0 Å². The number of halogens is 2. The second-order valence-corrected chi connectivity index (χ2v) is 5.82. The molecule has 3 aromatic rings.